The Morgan fingerprint density at radius 3 is 2.48 bits per heavy atom. The van der Waals surface area contributed by atoms with Crippen LogP contribution in [0.5, 0.6) is 0 Å². The van der Waals surface area contributed by atoms with Crippen molar-refractivity contribution in [2.75, 3.05) is 42.7 Å². The molecule has 0 aliphatic carbocycles. The fourth-order valence-corrected chi connectivity index (χ4v) is 3.20. The van der Waals surface area contributed by atoms with Gasteiger partial charge < -0.3 is 25.4 Å². The SMILES string of the molecule is CNC(=O)c1c(NC)ncn1CC(=O)Nc1ccnc(-c2cnc(N3CC(F)(F)C3)nc2)n1. The van der Waals surface area contributed by atoms with Gasteiger partial charge in [-0.05, 0) is 6.07 Å². The minimum atomic E-state index is -2.72. The predicted octanol–water partition coefficient (Wildman–Crippen LogP) is 0.625. The standard InChI is InChI=1S/C19H20F2N10O2/c1-22-16-14(17(33)23-2)30(10-27-16)7-13(32)28-12-3-4-24-15(29-12)11-5-25-18(26-6-11)31-8-19(20,21)9-31/h3-6,10,22H,7-9H2,1-2H3,(H,23,33)(H,24,28,29,32). The second-order valence-corrected chi connectivity index (χ2v) is 7.20. The highest BCUT2D eigenvalue weighted by Crippen LogP contribution is 2.29. The van der Waals surface area contributed by atoms with Gasteiger partial charge in [-0.3, -0.25) is 9.59 Å². The van der Waals surface area contributed by atoms with Crippen molar-refractivity contribution in [3.8, 4) is 11.4 Å². The summed E-state index contributed by atoms with van der Waals surface area (Å²) in [6.07, 6.45) is 5.70. The molecule has 0 aromatic carbocycles. The third kappa shape index (κ3) is 4.68. The predicted molar refractivity (Wildman–Crippen MR) is 114 cm³/mol. The number of hydrogen-bond acceptors (Lipinski definition) is 9. The topological polar surface area (TPSA) is 143 Å². The second kappa shape index (κ2) is 8.72. The Labute approximate surface area is 186 Å². The molecule has 0 saturated carbocycles. The summed E-state index contributed by atoms with van der Waals surface area (Å²) in [4.78, 5) is 46.7. The molecule has 3 N–H and O–H groups in total. The fraction of sp³-hybridized carbons (Fsp3) is 0.316. The average Bonchev–Trinajstić information content (AvgIpc) is 3.19. The average molecular weight is 458 g/mol. The first-order chi connectivity index (χ1) is 15.8. The number of aromatic nitrogens is 6. The van der Waals surface area contributed by atoms with Crippen LogP contribution in [0.1, 0.15) is 10.5 Å². The van der Waals surface area contributed by atoms with Crippen molar-refractivity contribution < 1.29 is 18.4 Å². The normalized spacial score (nSPS) is 14.4. The van der Waals surface area contributed by atoms with Crippen molar-refractivity contribution >= 4 is 29.4 Å². The van der Waals surface area contributed by atoms with Crippen LogP contribution in [0.15, 0.2) is 31.0 Å². The Balaban J connectivity index is 1.44. The Morgan fingerprint density at radius 1 is 1.12 bits per heavy atom. The van der Waals surface area contributed by atoms with Crippen molar-refractivity contribution in [1.82, 2.24) is 34.8 Å². The maximum absolute atomic E-state index is 13.0. The van der Waals surface area contributed by atoms with Crippen LogP contribution in [0, 0.1) is 0 Å². The molecule has 1 fully saturated rings. The van der Waals surface area contributed by atoms with Gasteiger partial charge in [-0.1, -0.05) is 0 Å². The van der Waals surface area contributed by atoms with Gasteiger partial charge in [-0.2, -0.15) is 0 Å². The van der Waals surface area contributed by atoms with E-state index < -0.39 is 24.9 Å². The van der Waals surface area contributed by atoms with Crippen LogP contribution < -0.4 is 20.9 Å². The van der Waals surface area contributed by atoms with Crippen molar-refractivity contribution in [2.45, 2.75) is 12.5 Å². The monoisotopic (exact) mass is 458 g/mol. The number of hydrogen-bond donors (Lipinski definition) is 3. The van der Waals surface area contributed by atoms with Crippen LogP contribution in [0.3, 0.4) is 0 Å². The number of anilines is 3. The quantitative estimate of drug-likeness (QED) is 0.464. The van der Waals surface area contributed by atoms with E-state index in [4.69, 9.17) is 0 Å². The lowest BCUT2D eigenvalue weighted by molar-refractivity contribution is -0.116. The molecule has 33 heavy (non-hydrogen) atoms. The molecule has 2 amide bonds. The minimum absolute atomic E-state index is 0.172. The molecular weight excluding hydrogens is 438 g/mol. The zero-order chi connectivity index (χ0) is 23.6. The molecule has 14 heteroatoms. The summed E-state index contributed by atoms with van der Waals surface area (Å²) in [5.74, 6) is -2.52. The van der Waals surface area contributed by atoms with E-state index in [1.165, 1.54) is 47.5 Å². The number of imidazole rings is 1. The van der Waals surface area contributed by atoms with Crippen molar-refractivity contribution in [1.29, 1.82) is 0 Å². The number of alkyl halides is 2. The molecule has 12 nitrogen and oxygen atoms in total. The van der Waals surface area contributed by atoms with Crippen molar-refractivity contribution in [3.05, 3.63) is 36.7 Å². The molecule has 4 rings (SSSR count). The van der Waals surface area contributed by atoms with Crippen LogP contribution in [0.25, 0.3) is 11.4 Å². The van der Waals surface area contributed by atoms with Gasteiger partial charge in [-0.25, -0.2) is 33.7 Å². The van der Waals surface area contributed by atoms with Gasteiger partial charge in [0, 0.05) is 32.7 Å². The lowest BCUT2D eigenvalue weighted by Crippen LogP contribution is -2.57. The number of carbonyl (C=O) groups excluding carboxylic acids is 2. The summed E-state index contributed by atoms with van der Waals surface area (Å²) in [6, 6.07) is 1.51. The zero-order valence-corrected chi connectivity index (χ0v) is 17.7. The third-order valence-electron chi connectivity index (χ3n) is 4.78. The molecule has 3 aromatic rings. The molecule has 0 bridgehead atoms. The molecule has 0 spiro atoms. The fourth-order valence-electron chi connectivity index (χ4n) is 3.20. The largest absolute Gasteiger partial charge is 0.371 e. The number of nitrogens with one attached hydrogen (secondary N) is 3. The van der Waals surface area contributed by atoms with Crippen molar-refractivity contribution in [3.63, 3.8) is 0 Å². The first-order valence-corrected chi connectivity index (χ1v) is 9.82. The van der Waals surface area contributed by atoms with Gasteiger partial charge in [-0.15, -0.1) is 0 Å². The highest BCUT2D eigenvalue weighted by molar-refractivity contribution is 5.98. The molecule has 1 aliphatic heterocycles. The molecule has 3 aromatic heterocycles. The van der Waals surface area contributed by atoms with Crippen LogP contribution in [0.4, 0.5) is 26.4 Å². The molecule has 172 valence electrons. The summed E-state index contributed by atoms with van der Waals surface area (Å²) in [5.41, 5.74) is 0.674. The number of halogens is 2. The molecular formula is C19H20F2N10O2. The van der Waals surface area contributed by atoms with Gasteiger partial charge in [0.1, 0.15) is 12.4 Å². The summed E-state index contributed by atoms with van der Waals surface area (Å²) < 4.78 is 27.5. The minimum Gasteiger partial charge on any atom is -0.371 e. The number of nitrogens with zero attached hydrogens (tertiary/aromatic N) is 7. The van der Waals surface area contributed by atoms with Crippen LogP contribution in [0.2, 0.25) is 0 Å². The Morgan fingerprint density at radius 2 is 1.85 bits per heavy atom. The third-order valence-corrected chi connectivity index (χ3v) is 4.78. The van der Waals surface area contributed by atoms with E-state index in [0.29, 0.717) is 11.4 Å². The number of carbonyl (C=O) groups is 2. The lowest BCUT2D eigenvalue weighted by atomic mass is 10.2. The first-order valence-electron chi connectivity index (χ1n) is 9.82. The lowest BCUT2D eigenvalue weighted by Gasteiger charge is -2.38. The molecule has 1 saturated heterocycles. The van der Waals surface area contributed by atoms with E-state index in [0.717, 1.165) is 0 Å². The number of amides is 2. The van der Waals surface area contributed by atoms with E-state index in [9.17, 15) is 18.4 Å². The first kappa shape index (κ1) is 22.0. The Hall–Kier alpha value is -4.23. The highest BCUT2D eigenvalue weighted by atomic mass is 19.3. The van der Waals surface area contributed by atoms with E-state index in [2.05, 4.69) is 40.9 Å². The summed E-state index contributed by atoms with van der Waals surface area (Å²) in [7, 11) is 3.10. The highest BCUT2D eigenvalue weighted by Gasteiger charge is 2.45. The van der Waals surface area contributed by atoms with E-state index in [1.807, 2.05) is 0 Å². The van der Waals surface area contributed by atoms with Crippen LogP contribution >= 0.6 is 0 Å². The van der Waals surface area contributed by atoms with Gasteiger partial charge in [0.05, 0.1) is 25.0 Å². The molecule has 1 aliphatic rings. The van der Waals surface area contributed by atoms with E-state index in [1.54, 1.807) is 7.05 Å². The number of rotatable bonds is 7. The van der Waals surface area contributed by atoms with Gasteiger partial charge in [0.15, 0.2) is 17.3 Å². The Bertz CT molecular complexity index is 1170. The molecule has 4 heterocycles. The summed E-state index contributed by atoms with van der Waals surface area (Å²) in [6.45, 7) is -1.01. The second-order valence-electron chi connectivity index (χ2n) is 7.20. The van der Waals surface area contributed by atoms with Crippen molar-refractivity contribution in [2.24, 2.45) is 0 Å². The van der Waals surface area contributed by atoms with E-state index in [-0.39, 0.29) is 35.7 Å². The summed E-state index contributed by atoms with van der Waals surface area (Å²) >= 11 is 0. The zero-order valence-electron chi connectivity index (χ0n) is 17.7. The molecule has 0 radical (unpaired) electrons. The summed E-state index contributed by atoms with van der Waals surface area (Å²) in [5, 5.41) is 7.96. The van der Waals surface area contributed by atoms with E-state index >= 15 is 0 Å². The van der Waals surface area contributed by atoms with Crippen LogP contribution in [-0.4, -0.2) is 74.4 Å². The van der Waals surface area contributed by atoms with Crippen LogP contribution in [-0.2, 0) is 11.3 Å². The van der Waals surface area contributed by atoms with Gasteiger partial charge >= 0.3 is 0 Å². The molecule has 0 unspecified atom stereocenters. The molecule has 0 atom stereocenters. The van der Waals surface area contributed by atoms with Gasteiger partial charge in [0.25, 0.3) is 11.8 Å². The Kier molecular flexibility index (Phi) is 5.81. The smallest absolute Gasteiger partial charge is 0.282 e. The maximum atomic E-state index is 13.0. The maximum Gasteiger partial charge on any atom is 0.282 e. The van der Waals surface area contributed by atoms with Gasteiger partial charge in [0.2, 0.25) is 11.9 Å².